The van der Waals surface area contributed by atoms with Crippen LogP contribution in [0.2, 0.25) is 0 Å². The third-order valence-corrected chi connectivity index (χ3v) is 2.57. The van der Waals surface area contributed by atoms with E-state index in [4.69, 9.17) is 5.73 Å². The maximum Gasteiger partial charge on any atom is 0.248 e. The Morgan fingerprint density at radius 3 is 2.00 bits per heavy atom. The summed E-state index contributed by atoms with van der Waals surface area (Å²) in [6.45, 7) is 0. The lowest BCUT2D eigenvalue weighted by atomic mass is 10.2. The second-order valence-electron chi connectivity index (χ2n) is 3.72. The molecule has 0 radical (unpaired) electrons. The van der Waals surface area contributed by atoms with Crippen molar-refractivity contribution in [2.24, 2.45) is 5.73 Å². The Morgan fingerprint density at radius 1 is 0.944 bits per heavy atom. The van der Waals surface area contributed by atoms with Gasteiger partial charge in [-0.3, -0.25) is 14.5 Å². The average molecular weight is 240 g/mol. The summed E-state index contributed by atoms with van der Waals surface area (Å²) >= 11 is 0. The molecule has 0 spiro atoms. The van der Waals surface area contributed by atoms with Gasteiger partial charge in [-0.1, -0.05) is 18.2 Å². The van der Waals surface area contributed by atoms with Crippen LogP contribution in [0, 0.1) is 0 Å². The molecule has 0 aliphatic heterocycles. The van der Waals surface area contributed by atoms with Crippen molar-refractivity contribution >= 4 is 23.7 Å². The molecule has 0 atom stereocenters. The van der Waals surface area contributed by atoms with Gasteiger partial charge in [-0.2, -0.15) is 0 Å². The monoisotopic (exact) mass is 240 g/mol. The number of primary amides is 1. The Balaban J connectivity index is 2.34. The van der Waals surface area contributed by atoms with Gasteiger partial charge in [0.25, 0.3) is 0 Å². The maximum atomic E-state index is 11.2. The second-order valence-corrected chi connectivity index (χ2v) is 3.72. The number of hydrogen-bond acceptors (Lipinski definition) is 2. The van der Waals surface area contributed by atoms with Crippen LogP contribution in [0.1, 0.15) is 10.4 Å². The number of para-hydroxylation sites is 1. The lowest BCUT2D eigenvalue weighted by Gasteiger charge is -2.17. The van der Waals surface area contributed by atoms with E-state index in [0.29, 0.717) is 11.3 Å². The average Bonchev–Trinajstić information content (AvgIpc) is 2.41. The molecule has 0 aliphatic rings. The molecule has 2 aromatic carbocycles. The molecule has 0 saturated heterocycles. The molecule has 2 aromatic rings. The van der Waals surface area contributed by atoms with Crippen LogP contribution in [-0.4, -0.2) is 12.3 Å². The number of hydrogen-bond donors (Lipinski definition) is 1. The van der Waals surface area contributed by atoms with Crippen LogP contribution in [-0.2, 0) is 4.79 Å². The molecule has 0 aliphatic carbocycles. The Kier molecular flexibility index (Phi) is 3.38. The molecular formula is C14H12N2O2. The Hall–Kier alpha value is -2.62. The summed E-state index contributed by atoms with van der Waals surface area (Å²) in [4.78, 5) is 23.6. The van der Waals surface area contributed by atoms with E-state index in [0.717, 1.165) is 12.1 Å². The van der Waals surface area contributed by atoms with Crippen LogP contribution < -0.4 is 10.6 Å². The van der Waals surface area contributed by atoms with Gasteiger partial charge in [0.2, 0.25) is 12.3 Å². The first kappa shape index (κ1) is 11.9. The van der Waals surface area contributed by atoms with E-state index in [2.05, 4.69) is 0 Å². The maximum absolute atomic E-state index is 11.2. The van der Waals surface area contributed by atoms with E-state index < -0.39 is 5.91 Å². The van der Waals surface area contributed by atoms with Crippen LogP contribution in [0.15, 0.2) is 54.6 Å². The second kappa shape index (κ2) is 5.14. The molecule has 0 aromatic heterocycles. The molecule has 0 heterocycles. The number of amides is 2. The van der Waals surface area contributed by atoms with E-state index in [1.54, 1.807) is 24.3 Å². The minimum Gasteiger partial charge on any atom is -0.366 e. The quantitative estimate of drug-likeness (QED) is 0.831. The first-order chi connectivity index (χ1) is 8.72. The van der Waals surface area contributed by atoms with Gasteiger partial charge in [0, 0.05) is 16.9 Å². The van der Waals surface area contributed by atoms with Crippen molar-refractivity contribution in [1.29, 1.82) is 0 Å². The fourth-order valence-corrected chi connectivity index (χ4v) is 1.65. The fraction of sp³-hybridized carbons (Fsp3) is 0. The fourth-order valence-electron chi connectivity index (χ4n) is 1.65. The van der Waals surface area contributed by atoms with Crippen molar-refractivity contribution in [3.8, 4) is 0 Å². The lowest BCUT2D eigenvalue weighted by molar-refractivity contribution is -0.106. The van der Waals surface area contributed by atoms with Crippen molar-refractivity contribution < 1.29 is 9.59 Å². The van der Waals surface area contributed by atoms with E-state index in [-0.39, 0.29) is 0 Å². The molecule has 2 N–H and O–H groups in total. The molecule has 90 valence electrons. The Bertz CT molecular complexity index is 550. The third kappa shape index (κ3) is 2.38. The van der Waals surface area contributed by atoms with Gasteiger partial charge in [0.05, 0.1) is 0 Å². The largest absolute Gasteiger partial charge is 0.366 e. The van der Waals surface area contributed by atoms with Gasteiger partial charge in [-0.05, 0) is 36.4 Å². The van der Waals surface area contributed by atoms with Gasteiger partial charge >= 0.3 is 0 Å². The lowest BCUT2D eigenvalue weighted by Crippen LogP contribution is -2.15. The topological polar surface area (TPSA) is 63.4 Å². The van der Waals surface area contributed by atoms with Crippen LogP contribution in [0.4, 0.5) is 11.4 Å². The molecule has 4 heteroatoms. The number of nitrogens with zero attached hydrogens (tertiary/aromatic N) is 1. The minimum absolute atomic E-state index is 0.415. The first-order valence-corrected chi connectivity index (χ1v) is 5.42. The van der Waals surface area contributed by atoms with Crippen molar-refractivity contribution in [2.45, 2.75) is 0 Å². The Labute approximate surface area is 105 Å². The zero-order valence-electron chi connectivity index (χ0n) is 9.61. The highest BCUT2D eigenvalue weighted by Crippen LogP contribution is 2.23. The zero-order chi connectivity index (χ0) is 13.0. The zero-order valence-corrected chi connectivity index (χ0v) is 9.61. The van der Waals surface area contributed by atoms with E-state index in [9.17, 15) is 9.59 Å². The summed E-state index contributed by atoms with van der Waals surface area (Å²) in [5.41, 5.74) is 7.02. The van der Waals surface area contributed by atoms with Gasteiger partial charge in [-0.25, -0.2) is 0 Å². The van der Waals surface area contributed by atoms with Crippen molar-refractivity contribution in [1.82, 2.24) is 0 Å². The van der Waals surface area contributed by atoms with Crippen LogP contribution >= 0.6 is 0 Å². The molecular weight excluding hydrogens is 228 g/mol. The van der Waals surface area contributed by atoms with Crippen molar-refractivity contribution in [3.63, 3.8) is 0 Å². The number of rotatable bonds is 4. The normalized spacial score (nSPS) is 9.78. The molecule has 0 unspecified atom stereocenters. The predicted molar refractivity (Wildman–Crippen MR) is 69.6 cm³/mol. The molecule has 2 amide bonds. The highest BCUT2D eigenvalue weighted by Gasteiger charge is 2.08. The predicted octanol–water partition coefficient (Wildman–Crippen LogP) is 2.08. The summed E-state index contributed by atoms with van der Waals surface area (Å²) < 4.78 is 0. The van der Waals surface area contributed by atoms with Crippen LogP contribution in [0.3, 0.4) is 0 Å². The summed E-state index contributed by atoms with van der Waals surface area (Å²) in [5, 5.41) is 0. The summed E-state index contributed by atoms with van der Waals surface area (Å²) in [5.74, 6) is -0.487. The highest BCUT2D eigenvalue weighted by atomic mass is 16.1. The van der Waals surface area contributed by atoms with E-state index in [1.165, 1.54) is 4.90 Å². The summed E-state index contributed by atoms with van der Waals surface area (Å²) in [7, 11) is 0. The Morgan fingerprint density at radius 2 is 1.50 bits per heavy atom. The summed E-state index contributed by atoms with van der Waals surface area (Å²) in [6.07, 6.45) is 0.731. The number of nitrogens with two attached hydrogens (primary N) is 1. The number of benzene rings is 2. The highest BCUT2D eigenvalue weighted by molar-refractivity contribution is 5.94. The molecule has 0 saturated carbocycles. The van der Waals surface area contributed by atoms with Gasteiger partial charge in [0.1, 0.15) is 0 Å². The van der Waals surface area contributed by atoms with Crippen LogP contribution in [0.25, 0.3) is 0 Å². The molecule has 2 rings (SSSR count). The molecule has 0 fully saturated rings. The SMILES string of the molecule is NC(=O)c1ccc(N(C=O)c2ccccc2)cc1. The number of anilines is 2. The number of carbonyl (C=O) groups is 2. The summed E-state index contributed by atoms with van der Waals surface area (Å²) in [6, 6.07) is 15.8. The first-order valence-electron chi connectivity index (χ1n) is 5.42. The van der Waals surface area contributed by atoms with Gasteiger partial charge in [0.15, 0.2) is 0 Å². The molecule has 18 heavy (non-hydrogen) atoms. The number of carbonyl (C=O) groups excluding carboxylic acids is 2. The molecule has 4 nitrogen and oxygen atoms in total. The van der Waals surface area contributed by atoms with Gasteiger partial charge in [-0.15, -0.1) is 0 Å². The van der Waals surface area contributed by atoms with Gasteiger partial charge < -0.3 is 5.73 Å². The standard InChI is InChI=1S/C14H12N2O2/c15-14(18)11-6-8-13(9-7-11)16(10-17)12-4-2-1-3-5-12/h1-10H,(H2,15,18). The third-order valence-electron chi connectivity index (χ3n) is 2.57. The molecule has 0 bridgehead atoms. The van der Waals surface area contributed by atoms with Crippen molar-refractivity contribution in [2.75, 3.05) is 4.90 Å². The van der Waals surface area contributed by atoms with Crippen LogP contribution in [0.5, 0.6) is 0 Å². The van der Waals surface area contributed by atoms with E-state index >= 15 is 0 Å². The minimum atomic E-state index is -0.487. The van der Waals surface area contributed by atoms with E-state index in [1.807, 2.05) is 30.3 Å². The van der Waals surface area contributed by atoms with Crippen molar-refractivity contribution in [3.05, 3.63) is 60.2 Å². The smallest absolute Gasteiger partial charge is 0.248 e.